The van der Waals surface area contributed by atoms with Crippen molar-refractivity contribution in [3.63, 3.8) is 0 Å². The summed E-state index contributed by atoms with van der Waals surface area (Å²) in [5.74, 6) is 1.08. The predicted octanol–water partition coefficient (Wildman–Crippen LogP) is 1.69. The van der Waals surface area contributed by atoms with Crippen molar-refractivity contribution in [1.29, 1.82) is 0 Å². The zero-order valence-corrected chi connectivity index (χ0v) is 11.2. The van der Waals surface area contributed by atoms with Gasteiger partial charge in [-0.15, -0.1) is 0 Å². The zero-order chi connectivity index (χ0) is 12.8. The van der Waals surface area contributed by atoms with Crippen molar-refractivity contribution in [3.8, 4) is 0 Å². The summed E-state index contributed by atoms with van der Waals surface area (Å²) in [6.45, 7) is 4.61. The van der Waals surface area contributed by atoms with Crippen LogP contribution in [0.2, 0.25) is 0 Å². The van der Waals surface area contributed by atoms with Crippen LogP contribution in [0.4, 0.5) is 5.82 Å². The molecule has 0 amide bonds. The molecular weight excluding hydrogens is 238 g/mol. The van der Waals surface area contributed by atoms with Gasteiger partial charge in [0, 0.05) is 18.6 Å². The van der Waals surface area contributed by atoms with E-state index in [1.54, 1.807) is 6.33 Å². The fourth-order valence-corrected chi connectivity index (χ4v) is 3.60. The number of hydrogen-bond acceptors (Lipinski definition) is 4. The van der Waals surface area contributed by atoms with Gasteiger partial charge in [0.05, 0.1) is 0 Å². The Hall–Kier alpha value is -1.62. The van der Waals surface area contributed by atoms with Crippen molar-refractivity contribution in [2.75, 3.05) is 18.4 Å². The highest BCUT2D eigenvalue weighted by atomic mass is 15.3. The van der Waals surface area contributed by atoms with Gasteiger partial charge in [-0.2, -0.15) is 9.61 Å². The SMILES string of the molecule is Cc1cc(NC2CCN3CCCC23)n2ncnc2c1. The normalized spacial score (nSPS) is 27.0. The Labute approximate surface area is 112 Å². The van der Waals surface area contributed by atoms with E-state index in [1.807, 2.05) is 4.52 Å². The molecule has 2 aromatic rings. The summed E-state index contributed by atoms with van der Waals surface area (Å²) in [5, 5.41) is 8.02. The monoisotopic (exact) mass is 257 g/mol. The predicted molar refractivity (Wildman–Crippen MR) is 74.3 cm³/mol. The van der Waals surface area contributed by atoms with Crippen molar-refractivity contribution in [1.82, 2.24) is 19.5 Å². The number of hydrogen-bond donors (Lipinski definition) is 1. The lowest BCUT2D eigenvalue weighted by Gasteiger charge is -2.22. The van der Waals surface area contributed by atoms with E-state index in [-0.39, 0.29) is 0 Å². The lowest BCUT2D eigenvalue weighted by molar-refractivity contribution is 0.318. The second kappa shape index (κ2) is 4.20. The number of rotatable bonds is 2. The first-order chi connectivity index (χ1) is 9.31. The van der Waals surface area contributed by atoms with Crippen LogP contribution in [0.3, 0.4) is 0 Å². The first kappa shape index (κ1) is 11.2. The highest BCUT2D eigenvalue weighted by molar-refractivity contribution is 5.52. The Morgan fingerprint density at radius 1 is 1.26 bits per heavy atom. The molecule has 100 valence electrons. The molecule has 0 bridgehead atoms. The van der Waals surface area contributed by atoms with E-state index in [2.05, 4.69) is 39.4 Å². The Morgan fingerprint density at radius 3 is 3.16 bits per heavy atom. The molecule has 19 heavy (non-hydrogen) atoms. The molecule has 4 rings (SSSR count). The Bertz CT molecular complexity index is 605. The molecule has 0 aliphatic carbocycles. The van der Waals surface area contributed by atoms with Crippen molar-refractivity contribution in [2.45, 2.75) is 38.3 Å². The number of pyridine rings is 1. The summed E-state index contributed by atoms with van der Waals surface area (Å²) in [5.41, 5.74) is 2.15. The average molecular weight is 257 g/mol. The van der Waals surface area contributed by atoms with Crippen LogP contribution in [-0.4, -0.2) is 44.7 Å². The topological polar surface area (TPSA) is 45.5 Å². The first-order valence-corrected chi connectivity index (χ1v) is 7.12. The molecule has 0 aromatic carbocycles. The lowest BCUT2D eigenvalue weighted by atomic mass is 10.1. The minimum absolute atomic E-state index is 0.553. The van der Waals surface area contributed by atoms with Crippen molar-refractivity contribution in [2.24, 2.45) is 0 Å². The van der Waals surface area contributed by atoms with Crippen LogP contribution < -0.4 is 5.32 Å². The summed E-state index contributed by atoms with van der Waals surface area (Å²) in [6.07, 6.45) is 5.52. The number of fused-ring (bicyclic) bond motifs is 2. The zero-order valence-electron chi connectivity index (χ0n) is 11.2. The minimum Gasteiger partial charge on any atom is -0.366 e. The highest BCUT2D eigenvalue weighted by Crippen LogP contribution is 2.30. The molecule has 2 aromatic heterocycles. The number of nitrogens with one attached hydrogen (secondary N) is 1. The highest BCUT2D eigenvalue weighted by Gasteiger charge is 2.37. The van der Waals surface area contributed by atoms with Gasteiger partial charge in [0.25, 0.3) is 0 Å². The van der Waals surface area contributed by atoms with Crippen molar-refractivity contribution >= 4 is 11.5 Å². The number of aryl methyl sites for hydroxylation is 1. The summed E-state index contributed by atoms with van der Waals surface area (Å²) >= 11 is 0. The third-order valence-electron chi connectivity index (χ3n) is 4.46. The molecule has 0 radical (unpaired) electrons. The van der Waals surface area contributed by atoms with Gasteiger partial charge in [0.2, 0.25) is 0 Å². The Kier molecular flexibility index (Phi) is 2.48. The number of anilines is 1. The third-order valence-corrected chi connectivity index (χ3v) is 4.46. The van der Waals surface area contributed by atoms with Crippen LogP contribution in [0.1, 0.15) is 24.8 Å². The van der Waals surface area contributed by atoms with Crippen molar-refractivity contribution < 1.29 is 0 Å². The van der Waals surface area contributed by atoms with Crippen LogP contribution in [0.25, 0.3) is 5.65 Å². The maximum Gasteiger partial charge on any atom is 0.157 e. The van der Waals surface area contributed by atoms with E-state index in [0.717, 1.165) is 11.5 Å². The molecule has 0 saturated carbocycles. The van der Waals surface area contributed by atoms with Gasteiger partial charge in [-0.3, -0.25) is 4.90 Å². The van der Waals surface area contributed by atoms with E-state index in [0.29, 0.717) is 12.1 Å². The van der Waals surface area contributed by atoms with Crippen molar-refractivity contribution in [3.05, 3.63) is 24.0 Å². The van der Waals surface area contributed by atoms with Crippen LogP contribution in [-0.2, 0) is 0 Å². The fourth-order valence-electron chi connectivity index (χ4n) is 3.60. The molecule has 2 unspecified atom stereocenters. The van der Waals surface area contributed by atoms with Crippen LogP contribution >= 0.6 is 0 Å². The Morgan fingerprint density at radius 2 is 2.21 bits per heavy atom. The molecule has 2 atom stereocenters. The van der Waals surface area contributed by atoms with Gasteiger partial charge in [-0.1, -0.05) is 0 Å². The Balaban J connectivity index is 1.66. The molecular formula is C14H19N5. The van der Waals surface area contributed by atoms with Gasteiger partial charge in [0.1, 0.15) is 12.1 Å². The van der Waals surface area contributed by atoms with Gasteiger partial charge in [-0.25, -0.2) is 4.98 Å². The first-order valence-electron chi connectivity index (χ1n) is 7.12. The van der Waals surface area contributed by atoms with E-state index in [1.165, 1.54) is 37.9 Å². The minimum atomic E-state index is 0.553. The molecule has 0 spiro atoms. The van der Waals surface area contributed by atoms with Crippen LogP contribution in [0.15, 0.2) is 18.5 Å². The standard InChI is InChI=1S/C14H19N5/c1-10-7-13-15-9-16-19(13)14(8-10)17-11-4-6-18-5-2-3-12(11)18/h7-9,11-12,17H,2-6H2,1H3. The van der Waals surface area contributed by atoms with Crippen LogP contribution in [0, 0.1) is 6.92 Å². The maximum atomic E-state index is 4.32. The number of aromatic nitrogens is 3. The van der Waals surface area contributed by atoms with Crippen LogP contribution in [0.5, 0.6) is 0 Å². The average Bonchev–Trinajstić information content (AvgIpc) is 3.05. The third kappa shape index (κ3) is 1.80. The second-order valence-corrected chi connectivity index (χ2v) is 5.73. The molecule has 5 nitrogen and oxygen atoms in total. The van der Waals surface area contributed by atoms with E-state index < -0.39 is 0 Å². The molecule has 4 heterocycles. The van der Waals surface area contributed by atoms with Gasteiger partial charge in [0.15, 0.2) is 5.65 Å². The summed E-state index contributed by atoms with van der Waals surface area (Å²) in [4.78, 5) is 6.90. The molecule has 2 aliphatic rings. The molecule has 2 fully saturated rings. The summed E-state index contributed by atoms with van der Waals surface area (Å²) in [6, 6.07) is 5.49. The molecule has 5 heteroatoms. The second-order valence-electron chi connectivity index (χ2n) is 5.73. The summed E-state index contributed by atoms with van der Waals surface area (Å²) < 4.78 is 1.91. The smallest absolute Gasteiger partial charge is 0.157 e. The van der Waals surface area contributed by atoms with E-state index in [4.69, 9.17) is 0 Å². The lowest BCUT2D eigenvalue weighted by Crippen LogP contribution is -2.34. The fraction of sp³-hybridized carbons (Fsp3) is 0.571. The largest absolute Gasteiger partial charge is 0.366 e. The maximum absolute atomic E-state index is 4.32. The summed E-state index contributed by atoms with van der Waals surface area (Å²) in [7, 11) is 0. The van der Waals surface area contributed by atoms with Gasteiger partial charge in [-0.05, 0) is 50.4 Å². The van der Waals surface area contributed by atoms with Gasteiger partial charge >= 0.3 is 0 Å². The molecule has 1 N–H and O–H groups in total. The molecule has 2 saturated heterocycles. The quantitative estimate of drug-likeness (QED) is 0.889. The number of nitrogens with zero attached hydrogens (tertiary/aromatic N) is 4. The molecule has 2 aliphatic heterocycles. The van der Waals surface area contributed by atoms with E-state index >= 15 is 0 Å². The van der Waals surface area contributed by atoms with Gasteiger partial charge < -0.3 is 5.32 Å². The van der Waals surface area contributed by atoms with E-state index in [9.17, 15) is 0 Å².